The van der Waals surface area contributed by atoms with Gasteiger partial charge in [0.25, 0.3) is 0 Å². The molecule has 0 amide bonds. The number of aldehydes is 1. The van der Waals surface area contributed by atoms with Gasteiger partial charge in [-0.1, -0.05) is 38.1 Å². The van der Waals surface area contributed by atoms with Gasteiger partial charge in [-0.3, -0.25) is 14.4 Å². The molecule has 8 nitrogen and oxygen atoms in total. The standard InChI is InChI=1S/C30H34O8/c1-16-6-8-19(9-7-16)26(34)38-25-20-10-11-21-29(15-36-27(35)30(21,25)24(33)17(20)2)22(14-31)28(4,5)13-12-23(29)37-18(3)32/h6-9,14,20-23,25H,2,10-13,15H2,1,3-5H3/t20-,21-,22+,23-,25+,29-,30-/m0/s1. The number of ether oxygens (including phenoxy) is 3. The van der Waals surface area contributed by atoms with Crippen molar-refractivity contribution >= 4 is 30.0 Å². The summed E-state index contributed by atoms with van der Waals surface area (Å²) in [6.45, 7) is 11.0. The molecule has 5 rings (SSSR count). The molecular formula is C30H34O8. The summed E-state index contributed by atoms with van der Waals surface area (Å²) in [6, 6.07) is 6.84. The second-order valence-corrected chi connectivity index (χ2v) is 12.1. The minimum atomic E-state index is -1.86. The van der Waals surface area contributed by atoms with Crippen LogP contribution in [0.1, 0.15) is 62.4 Å². The van der Waals surface area contributed by atoms with Gasteiger partial charge in [0.15, 0.2) is 11.2 Å². The largest absolute Gasteiger partial charge is 0.464 e. The summed E-state index contributed by atoms with van der Waals surface area (Å²) in [5.41, 5.74) is -2.02. The molecular weight excluding hydrogens is 488 g/mol. The number of carbonyl (C=O) groups is 5. The average molecular weight is 523 g/mol. The molecule has 38 heavy (non-hydrogen) atoms. The molecule has 0 N–H and O–H groups in total. The number of fused-ring (bicyclic) bond motifs is 2. The fourth-order valence-corrected chi connectivity index (χ4v) is 7.98. The van der Waals surface area contributed by atoms with Crippen LogP contribution >= 0.6 is 0 Å². The van der Waals surface area contributed by atoms with Crippen LogP contribution in [0.3, 0.4) is 0 Å². The van der Waals surface area contributed by atoms with E-state index in [1.807, 2.05) is 20.8 Å². The van der Waals surface area contributed by atoms with Gasteiger partial charge in [-0.15, -0.1) is 0 Å². The lowest BCUT2D eigenvalue weighted by atomic mass is 9.43. The third kappa shape index (κ3) is 3.45. The van der Waals surface area contributed by atoms with Crippen LogP contribution in [0.15, 0.2) is 36.4 Å². The zero-order chi connectivity index (χ0) is 27.6. The lowest BCUT2D eigenvalue weighted by molar-refractivity contribution is -0.250. The lowest BCUT2D eigenvalue weighted by Gasteiger charge is -2.62. The Morgan fingerprint density at radius 2 is 1.76 bits per heavy atom. The topological polar surface area (TPSA) is 113 Å². The summed E-state index contributed by atoms with van der Waals surface area (Å²) in [6.07, 6.45) is 0.889. The van der Waals surface area contributed by atoms with Gasteiger partial charge < -0.3 is 19.0 Å². The fraction of sp³-hybridized carbons (Fsp3) is 0.567. The van der Waals surface area contributed by atoms with Gasteiger partial charge in [-0.25, -0.2) is 4.79 Å². The molecule has 1 aliphatic heterocycles. The third-order valence-corrected chi connectivity index (χ3v) is 9.72. The second-order valence-electron chi connectivity index (χ2n) is 12.1. The Morgan fingerprint density at radius 1 is 1.08 bits per heavy atom. The van der Waals surface area contributed by atoms with Gasteiger partial charge in [-0.05, 0) is 61.6 Å². The molecule has 1 aromatic rings. The molecule has 4 fully saturated rings. The quantitative estimate of drug-likeness (QED) is 0.193. The number of ketones is 1. The van der Waals surface area contributed by atoms with E-state index in [-0.39, 0.29) is 12.2 Å². The first kappa shape index (κ1) is 26.3. The summed E-state index contributed by atoms with van der Waals surface area (Å²) in [5.74, 6) is -4.40. The maximum Gasteiger partial charge on any atom is 0.338 e. The number of hydrogen-bond acceptors (Lipinski definition) is 8. The zero-order valence-corrected chi connectivity index (χ0v) is 22.3. The molecule has 0 unspecified atom stereocenters. The molecule has 8 heteroatoms. The van der Waals surface area contributed by atoms with Crippen LogP contribution in [-0.2, 0) is 33.4 Å². The van der Waals surface area contributed by atoms with E-state index in [0.717, 1.165) is 11.8 Å². The molecule has 4 aliphatic rings. The van der Waals surface area contributed by atoms with Crippen molar-refractivity contribution in [2.24, 2.45) is 34.0 Å². The first-order chi connectivity index (χ1) is 17.9. The molecule has 3 saturated carbocycles. The molecule has 3 aliphatic carbocycles. The van der Waals surface area contributed by atoms with Crippen molar-refractivity contribution < 1.29 is 38.2 Å². The van der Waals surface area contributed by atoms with E-state index < -0.39 is 69.9 Å². The monoisotopic (exact) mass is 522 g/mol. The number of rotatable bonds is 4. The highest BCUT2D eigenvalue weighted by molar-refractivity contribution is 6.16. The third-order valence-electron chi connectivity index (χ3n) is 9.72. The minimum absolute atomic E-state index is 0.161. The molecule has 2 bridgehead atoms. The minimum Gasteiger partial charge on any atom is -0.464 e. The lowest BCUT2D eigenvalue weighted by Crippen LogP contribution is -2.71. The van der Waals surface area contributed by atoms with Gasteiger partial charge in [0.2, 0.25) is 0 Å². The number of esters is 3. The molecule has 202 valence electrons. The number of aryl methyl sites for hydroxylation is 1. The number of Topliss-reactive ketones (excluding diaryl/α,β-unsaturated/α-hetero) is 1. The summed E-state index contributed by atoms with van der Waals surface area (Å²) in [7, 11) is 0. The second kappa shape index (κ2) is 8.89. The van der Waals surface area contributed by atoms with E-state index in [0.29, 0.717) is 31.2 Å². The van der Waals surface area contributed by atoms with Gasteiger partial charge in [0.05, 0.1) is 11.0 Å². The number of cyclic esters (lactones) is 1. The van der Waals surface area contributed by atoms with Crippen molar-refractivity contribution in [2.45, 2.75) is 65.6 Å². The van der Waals surface area contributed by atoms with Crippen LogP contribution in [0.25, 0.3) is 0 Å². The first-order valence-corrected chi connectivity index (χ1v) is 13.2. The Morgan fingerprint density at radius 3 is 2.39 bits per heavy atom. The molecule has 7 atom stereocenters. The predicted octanol–water partition coefficient (Wildman–Crippen LogP) is 3.78. The van der Waals surface area contributed by atoms with E-state index >= 15 is 0 Å². The van der Waals surface area contributed by atoms with E-state index in [1.165, 1.54) is 6.92 Å². The Labute approximate surface area is 222 Å². The van der Waals surface area contributed by atoms with Crippen molar-refractivity contribution in [1.29, 1.82) is 0 Å². The summed E-state index contributed by atoms with van der Waals surface area (Å²) < 4.78 is 17.7. The highest BCUT2D eigenvalue weighted by Crippen LogP contribution is 2.68. The Kier molecular flexibility index (Phi) is 6.16. The predicted molar refractivity (Wildman–Crippen MR) is 135 cm³/mol. The Hall–Kier alpha value is -3.29. The molecule has 0 radical (unpaired) electrons. The van der Waals surface area contributed by atoms with Crippen LogP contribution < -0.4 is 0 Å². The normalized spacial score (nSPS) is 37.3. The number of hydrogen-bond donors (Lipinski definition) is 0. The maximum atomic E-state index is 14.0. The maximum absolute atomic E-state index is 14.0. The van der Waals surface area contributed by atoms with Crippen LogP contribution in [0.4, 0.5) is 0 Å². The van der Waals surface area contributed by atoms with Crippen molar-refractivity contribution in [3.05, 3.63) is 47.5 Å². The summed E-state index contributed by atoms with van der Waals surface area (Å²) >= 11 is 0. The van der Waals surface area contributed by atoms with Gasteiger partial charge in [0.1, 0.15) is 25.1 Å². The first-order valence-electron chi connectivity index (χ1n) is 13.2. The SMILES string of the molecule is C=C1C(=O)[C@@]23C(=O)OC[C@]4([C@@H](OC(C)=O)CCC(C)(C)[C@H]4C=O)[C@@H]2CC[C@@H]1[C@H]3OC(=O)c1ccc(C)cc1. The molecule has 1 aromatic carbocycles. The average Bonchev–Trinajstić information content (AvgIpc) is 2.97. The number of benzene rings is 1. The van der Waals surface area contributed by atoms with Crippen molar-refractivity contribution in [3.8, 4) is 0 Å². The van der Waals surface area contributed by atoms with Crippen molar-refractivity contribution in [1.82, 2.24) is 0 Å². The molecule has 1 saturated heterocycles. The van der Waals surface area contributed by atoms with E-state index in [4.69, 9.17) is 14.2 Å². The Bertz CT molecular complexity index is 1230. The van der Waals surface area contributed by atoms with Gasteiger partial charge >= 0.3 is 17.9 Å². The Balaban J connectivity index is 1.66. The summed E-state index contributed by atoms with van der Waals surface area (Å²) in [5, 5.41) is 0. The van der Waals surface area contributed by atoms with E-state index in [9.17, 15) is 24.0 Å². The van der Waals surface area contributed by atoms with Crippen LogP contribution in [0.5, 0.6) is 0 Å². The van der Waals surface area contributed by atoms with E-state index in [2.05, 4.69) is 6.58 Å². The molecule has 1 heterocycles. The fourth-order valence-electron chi connectivity index (χ4n) is 7.98. The summed E-state index contributed by atoms with van der Waals surface area (Å²) in [4.78, 5) is 66.1. The zero-order valence-electron chi connectivity index (χ0n) is 22.3. The van der Waals surface area contributed by atoms with Crippen LogP contribution in [-0.4, -0.2) is 48.8 Å². The van der Waals surface area contributed by atoms with Gasteiger partial charge in [-0.2, -0.15) is 0 Å². The smallest absolute Gasteiger partial charge is 0.338 e. The van der Waals surface area contributed by atoms with Crippen LogP contribution in [0.2, 0.25) is 0 Å². The highest BCUT2D eigenvalue weighted by atomic mass is 16.6. The van der Waals surface area contributed by atoms with Crippen molar-refractivity contribution in [3.63, 3.8) is 0 Å². The van der Waals surface area contributed by atoms with Gasteiger partial charge in [0, 0.05) is 18.8 Å². The molecule has 2 spiro atoms. The van der Waals surface area contributed by atoms with Crippen LogP contribution in [0, 0.1) is 40.9 Å². The molecule has 0 aromatic heterocycles. The van der Waals surface area contributed by atoms with E-state index in [1.54, 1.807) is 24.3 Å². The number of carbonyl (C=O) groups excluding carboxylic acids is 5. The van der Waals surface area contributed by atoms with Crippen molar-refractivity contribution in [2.75, 3.05) is 6.61 Å². The highest BCUT2D eigenvalue weighted by Gasteiger charge is 2.79.